The van der Waals surface area contributed by atoms with Crippen LogP contribution in [0.15, 0.2) is 42.5 Å². The van der Waals surface area contributed by atoms with E-state index in [2.05, 4.69) is 15.4 Å². The number of halogens is 1. The van der Waals surface area contributed by atoms with Crippen LogP contribution in [-0.4, -0.2) is 62.5 Å². The largest absolute Gasteiger partial charge is 0.479 e. The molecular weight excluding hydrogens is 480 g/mol. The summed E-state index contributed by atoms with van der Waals surface area (Å²) in [6.07, 6.45) is -2.22. The van der Waals surface area contributed by atoms with Crippen LogP contribution in [0.1, 0.15) is 24.4 Å². The lowest BCUT2D eigenvalue weighted by atomic mass is 9.83. The molecule has 1 aromatic heterocycles. The van der Waals surface area contributed by atoms with E-state index in [0.717, 1.165) is 0 Å². The van der Waals surface area contributed by atoms with Crippen LogP contribution >= 0.6 is 11.6 Å². The number of ether oxygens (including phenoxy) is 3. The summed E-state index contributed by atoms with van der Waals surface area (Å²) in [6.45, 7) is 1.79. The summed E-state index contributed by atoms with van der Waals surface area (Å²) >= 11 is 6.12. The highest BCUT2D eigenvalue weighted by Crippen LogP contribution is 2.47. The number of aliphatic hydroxyl groups excluding tert-OH is 1. The Morgan fingerprint density at radius 3 is 2.54 bits per heavy atom. The molecule has 1 N–H and O–H groups in total. The van der Waals surface area contributed by atoms with E-state index in [-0.39, 0.29) is 12.2 Å². The first kappa shape index (κ1) is 24.8. The second-order valence-corrected chi connectivity index (χ2v) is 8.69. The molecule has 186 valence electrons. The molecule has 3 atom stereocenters. The summed E-state index contributed by atoms with van der Waals surface area (Å²) < 4.78 is 17.1. The number of aliphatic hydroxyl groups is 1. The molecule has 0 saturated heterocycles. The Morgan fingerprint density at radius 1 is 1.29 bits per heavy atom. The van der Waals surface area contributed by atoms with Gasteiger partial charge in [0.15, 0.2) is 17.7 Å². The molecule has 1 aliphatic heterocycles. The third-order valence-electron chi connectivity index (χ3n) is 5.99. The number of fused-ring (bicyclic) bond motifs is 1. The van der Waals surface area contributed by atoms with Crippen LogP contribution in [0.25, 0.3) is 0 Å². The van der Waals surface area contributed by atoms with Crippen LogP contribution in [0.5, 0.6) is 5.75 Å². The molecule has 0 bridgehead atoms. The summed E-state index contributed by atoms with van der Waals surface area (Å²) in [7, 11) is 4.52. The van der Waals surface area contributed by atoms with Crippen molar-refractivity contribution in [3.8, 4) is 5.75 Å². The first-order chi connectivity index (χ1) is 16.7. The molecule has 13 heteroatoms. The molecule has 2 aromatic carbocycles. The van der Waals surface area contributed by atoms with Crippen LogP contribution in [0.3, 0.4) is 0 Å². The summed E-state index contributed by atoms with van der Waals surface area (Å²) in [5.74, 6) is 0.725. The smallest absolute Gasteiger partial charge is 0.270 e. The van der Waals surface area contributed by atoms with Gasteiger partial charge >= 0.3 is 0 Å². The van der Waals surface area contributed by atoms with Crippen LogP contribution < -0.4 is 9.64 Å². The number of nitrogens with zero attached hydrogens (tertiary/aromatic N) is 6. The van der Waals surface area contributed by atoms with Gasteiger partial charge in [0, 0.05) is 42.6 Å². The number of tetrazole rings is 1. The SMILES string of the molecule is COC(OC)[C@@]1(C)Oc2ccc([N+](=O)[O-])cc2[C@H](N(Cc2nnn(C)n2)c2ccc(Cl)cc2)[C@@H]1O. The second kappa shape index (κ2) is 9.74. The van der Waals surface area contributed by atoms with Gasteiger partial charge in [-0.1, -0.05) is 11.6 Å². The predicted octanol–water partition coefficient (Wildman–Crippen LogP) is 2.65. The molecule has 0 aliphatic carbocycles. The topological polar surface area (TPSA) is 138 Å². The number of hydrogen-bond donors (Lipinski definition) is 1. The van der Waals surface area contributed by atoms with Gasteiger partial charge in [0.05, 0.1) is 24.6 Å². The molecule has 2 heterocycles. The maximum absolute atomic E-state index is 11.8. The number of rotatable bonds is 8. The summed E-state index contributed by atoms with van der Waals surface area (Å²) in [5.41, 5.74) is -0.442. The molecule has 1 aliphatic rings. The van der Waals surface area contributed by atoms with Gasteiger partial charge in [-0.25, -0.2) is 0 Å². The summed E-state index contributed by atoms with van der Waals surface area (Å²) in [5, 5.41) is 36.1. The average Bonchev–Trinajstić information content (AvgIpc) is 3.24. The van der Waals surface area contributed by atoms with Gasteiger partial charge < -0.3 is 24.2 Å². The maximum atomic E-state index is 11.8. The van der Waals surface area contributed by atoms with Gasteiger partial charge in [-0.05, 0) is 42.5 Å². The van der Waals surface area contributed by atoms with E-state index >= 15 is 0 Å². The second-order valence-electron chi connectivity index (χ2n) is 8.26. The van der Waals surface area contributed by atoms with Crippen molar-refractivity contribution in [2.75, 3.05) is 19.1 Å². The van der Waals surface area contributed by atoms with Crippen molar-refractivity contribution in [2.24, 2.45) is 7.05 Å². The highest BCUT2D eigenvalue weighted by molar-refractivity contribution is 6.30. The molecule has 3 aromatic rings. The van der Waals surface area contributed by atoms with E-state index in [1.165, 1.54) is 37.2 Å². The van der Waals surface area contributed by atoms with E-state index in [4.69, 9.17) is 25.8 Å². The Morgan fingerprint density at radius 2 is 1.97 bits per heavy atom. The van der Waals surface area contributed by atoms with Crippen LogP contribution in [-0.2, 0) is 23.1 Å². The Labute approximate surface area is 206 Å². The minimum atomic E-state index is -1.38. The van der Waals surface area contributed by atoms with Gasteiger partial charge in [-0.15, -0.1) is 10.2 Å². The Kier molecular flexibility index (Phi) is 6.90. The van der Waals surface area contributed by atoms with Crippen LogP contribution in [0.4, 0.5) is 11.4 Å². The molecule has 0 saturated carbocycles. The zero-order valence-corrected chi connectivity index (χ0v) is 20.3. The van der Waals surface area contributed by atoms with Crippen molar-refractivity contribution in [3.63, 3.8) is 0 Å². The number of benzene rings is 2. The van der Waals surface area contributed by atoms with Gasteiger partial charge in [0.1, 0.15) is 11.9 Å². The Balaban J connectivity index is 1.92. The van der Waals surface area contributed by atoms with Crippen molar-refractivity contribution in [3.05, 3.63) is 69.0 Å². The third kappa shape index (κ3) is 4.65. The Bertz CT molecular complexity index is 1200. The first-order valence-corrected chi connectivity index (χ1v) is 11.0. The molecule has 0 spiro atoms. The minimum Gasteiger partial charge on any atom is -0.479 e. The van der Waals surface area contributed by atoms with E-state index in [1.54, 1.807) is 38.2 Å². The number of hydrogen-bond acceptors (Lipinski definition) is 10. The number of anilines is 1. The van der Waals surface area contributed by atoms with E-state index in [0.29, 0.717) is 27.8 Å². The summed E-state index contributed by atoms with van der Waals surface area (Å²) in [6, 6.07) is 10.4. The van der Waals surface area contributed by atoms with E-state index in [9.17, 15) is 15.2 Å². The van der Waals surface area contributed by atoms with Crippen molar-refractivity contribution >= 4 is 23.0 Å². The van der Waals surface area contributed by atoms with Crippen LogP contribution in [0, 0.1) is 10.1 Å². The molecule has 0 amide bonds. The van der Waals surface area contributed by atoms with E-state index in [1.807, 2.05) is 4.90 Å². The monoisotopic (exact) mass is 504 g/mol. The average molecular weight is 505 g/mol. The van der Waals surface area contributed by atoms with Crippen molar-refractivity contribution < 1.29 is 24.2 Å². The first-order valence-electron chi connectivity index (χ1n) is 10.6. The van der Waals surface area contributed by atoms with Gasteiger partial charge in [0.2, 0.25) is 0 Å². The number of non-ortho nitro benzene ring substituents is 1. The predicted molar refractivity (Wildman–Crippen MR) is 125 cm³/mol. The van der Waals surface area contributed by atoms with Gasteiger partial charge in [0.25, 0.3) is 5.69 Å². The zero-order valence-electron chi connectivity index (χ0n) is 19.5. The van der Waals surface area contributed by atoms with Gasteiger partial charge in [-0.3, -0.25) is 10.1 Å². The number of nitro benzene ring substituents is 1. The molecule has 12 nitrogen and oxygen atoms in total. The lowest BCUT2D eigenvalue weighted by Gasteiger charge is -2.49. The van der Waals surface area contributed by atoms with Crippen molar-refractivity contribution in [1.29, 1.82) is 0 Å². The third-order valence-corrected chi connectivity index (χ3v) is 6.24. The fourth-order valence-electron chi connectivity index (χ4n) is 4.37. The number of methoxy groups -OCH3 is 2. The fraction of sp³-hybridized carbons (Fsp3) is 0.409. The highest BCUT2D eigenvalue weighted by atomic mass is 35.5. The Hall–Kier alpha value is -3.32. The number of aromatic nitrogens is 4. The van der Waals surface area contributed by atoms with Crippen molar-refractivity contribution in [2.45, 2.75) is 37.5 Å². The number of nitro groups is 1. The minimum absolute atomic E-state index is 0.125. The maximum Gasteiger partial charge on any atom is 0.270 e. The summed E-state index contributed by atoms with van der Waals surface area (Å²) in [4.78, 5) is 14.2. The van der Waals surface area contributed by atoms with Gasteiger partial charge in [-0.2, -0.15) is 4.80 Å². The fourth-order valence-corrected chi connectivity index (χ4v) is 4.49. The lowest BCUT2D eigenvalue weighted by Crippen LogP contribution is -2.62. The molecular formula is C22H25ClN6O6. The zero-order chi connectivity index (χ0) is 25.3. The highest BCUT2D eigenvalue weighted by Gasteiger charge is 2.54. The molecule has 0 fully saturated rings. The number of aryl methyl sites for hydroxylation is 1. The quantitative estimate of drug-likeness (QED) is 0.276. The molecule has 4 rings (SSSR count). The lowest BCUT2D eigenvalue weighted by molar-refractivity contribution is -0.385. The van der Waals surface area contributed by atoms with E-state index < -0.39 is 29.0 Å². The molecule has 0 unspecified atom stereocenters. The van der Waals surface area contributed by atoms with Crippen LogP contribution in [0.2, 0.25) is 5.02 Å². The molecule has 0 radical (unpaired) electrons. The van der Waals surface area contributed by atoms with Crippen molar-refractivity contribution in [1.82, 2.24) is 20.2 Å². The molecule has 35 heavy (non-hydrogen) atoms. The normalized spacial score (nSPS) is 21.5. The standard InChI is InChI=1S/C22H25ClN6O6/c1-22(21(33-3)34-4)20(30)19(16-11-15(29(31)32)9-10-17(16)35-22)28(12-18-24-26-27(2)25-18)14-7-5-13(23)6-8-14/h5-11,19-21,30H,12H2,1-4H3/t19-,20-,22-/m0/s1.